The van der Waals surface area contributed by atoms with Crippen LogP contribution < -0.4 is 0 Å². The van der Waals surface area contributed by atoms with Gasteiger partial charge in [-0.25, -0.2) is 0 Å². The Kier molecular flexibility index (Phi) is 4.88. The molecule has 3 nitrogen and oxygen atoms in total. The predicted octanol–water partition coefficient (Wildman–Crippen LogP) is 3.12. The van der Waals surface area contributed by atoms with Crippen molar-refractivity contribution in [2.24, 2.45) is 5.92 Å². The molecule has 1 amide bonds. The first-order valence-electron chi connectivity index (χ1n) is 6.86. The van der Waals surface area contributed by atoms with E-state index in [9.17, 15) is 4.79 Å². The highest BCUT2D eigenvalue weighted by Gasteiger charge is 2.30. The lowest BCUT2D eigenvalue weighted by molar-refractivity contribution is -0.128. The summed E-state index contributed by atoms with van der Waals surface area (Å²) in [6, 6.07) is 3.91. The first kappa shape index (κ1) is 14.3. The molecule has 1 aliphatic rings. The van der Waals surface area contributed by atoms with Gasteiger partial charge in [0.25, 0.3) is 0 Å². The number of hydrogen-bond acceptors (Lipinski definition) is 2. The van der Waals surface area contributed by atoms with E-state index in [1.54, 1.807) is 18.5 Å². The smallest absolute Gasteiger partial charge is 0.223 e. The zero-order chi connectivity index (χ0) is 14.4. The summed E-state index contributed by atoms with van der Waals surface area (Å²) in [4.78, 5) is 18.0. The number of rotatable bonds is 5. The molecule has 0 spiro atoms. The highest BCUT2D eigenvalue weighted by atomic mass is 16.2. The van der Waals surface area contributed by atoms with E-state index in [2.05, 4.69) is 17.6 Å². The quantitative estimate of drug-likeness (QED) is 0.769. The summed E-state index contributed by atoms with van der Waals surface area (Å²) in [5.74, 6) is 0.503. The van der Waals surface area contributed by atoms with E-state index in [-0.39, 0.29) is 11.8 Å². The van der Waals surface area contributed by atoms with E-state index in [1.807, 2.05) is 36.1 Å². The molecule has 3 heteroatoms. The van der Waals surface area contributed by atoms with Crippen molar-refractivity contribution in [2.45, 2.75) is 19.9 Å². The van der Waals surface area contributed by atoms with E-state index in [4.69, 9.17) is 0 Å². The van der Waals surface area contributed by atoms with Crippen molar-refractivity contribution in [1.82, 2.24) is 9.88 Å². The van der Waals surface area contributed by atoms with Gasteiger partial charge in [0.05, 0.1) is 0 Å². The fourth-order valence-corrected chi connectivity index (χ4v) is 2.50. The summed E-state index contributed by atoms with van der Waals surface area (Å²) >= 11 is 0. The summed E-state index contributed by atoms with van der Waals surface area (Å²) in [5.41, 5.74) is 2.33. The average Bonchev–Trinajstić information content (AvgIpc) is 2.82. The zero-order valence-corrected chi connectivity index (χ0v) is 11.8. The van der Waals surface area contributed by atoms with Crippen LogP contribution >= 0.6 is 0 Å². The molecule has 104 valence electrons. The second kappa shape index (κ2) is 6.85. The number of hydrogen-bond donors (Lipinski definition) is 0. The minimum absolute atomic E-state index is 0.221. The van der Waals surface area contributed by atoms with E-state index < -0.39 is 0 Å². The van der Waals surface area contributed by atoms with Crippen molar-refractivity contribution >= 4 is 5.91 Å². The summed E-state index contributed by atoms with van der Waals surface area (Å²) in [5, 5.41) is 0. The van der Waals surface area contributed by atoms with Gasteiger partial charge in [0.15, 0.2) is 0 Å². The highest BCUT2D eigenvalue weighted by Crippen LogP contribution is 2.27. The number of carbonyl (C=O) groups excluding carboxylic acids is 1. The molecule has 20 heavy (non-hydrogen) atoms. The normalized spacial score (nSPS) is 19.9. The summed E-state index contributed by atoms with van der Waals surface area (Å²) in [6.45, 7) is 7.14. The van der Waals surface area contributed by atoms with Gasteiger partial charge in [-0.2, -0.15) is 0 Å². The fourth-order valence-electron chi connectivity index (χ4n) is 2.50. The Hall–Kier alpha value is -2.16. The van der Waals surface area contributed by atoms with E-state index in [1.165, 1.54) is 5.57 Å². The van der Waals surface area contributed by atoms with Crippen molar-refractivity contribution < 1.29 is 4.79 Å². The van der Waals surface area contributed by atoms with Crippen LogP contribution in [0.2, 0.25) is 0 Å². The Balaban J connectivity index is 2.03. The summed E-state index contributed by atoms with van der Waals surface area (Å²) in [7, 11) is 0. The molecule has 1 aromatic heterocycles. The van der Waals surface area contributed by atoms with E-state index in [0.29, 0.717) is 13.0 Å². The predicted molar refractivity (Wildman–Crippen MR) is 80.9 cm³/mol. The van der Waals surface area contributed by atoms with Crippen LogP contribution in [0.15, 0.2) is 61.0 Å². The van der Waals surface area contributed by atoms with Gasteiger partial charge in [-0.15, -0.1) is 0 Å². The Morgan fingerprint density at radius 1 is 1.50 bits per heavy atom. The second-order valence-electron chi connectivity index (χ2n) is 4.91. The number of pyridine rings is 1. The highest BCUT2D eigenvalue weighted by molar-refractivity contribution is 5.79. The van der Waals surface area contributed by atoms with Crippen LogP contribution in [-0.4, -0.2) is 22.3 Å². The largest absolute Gasteiger partial charge is 0.338 e. The lowest BCUT2D eigenvalue weighted by atomic mass is 9.97. The van der Waals surface area contributed by atoms with Gasteiger partial charge in [-0.3, -0.25) is 9.78 Å². The SMILES string of the molecule is C=C/C=C\C(=C/C)C1CC(=O)N(Cc2ccncc2)C1. The zero-order valence-electron chi connectivity index (χ0n) is 11.8. The third kappa shape index (κ3) is 3.44. The summed E-state index contributed by atoms with van der Waals surface area (Å²) in [6.07, 6.45) is 11.9. The van der Waals surface area contributed by atoms with Gasteiger partial charge in [-0.1, -0.05) is 30.9 Å². The number of likely N-dealkylation sites (tertiary alicyclic amines) is 1. The van der Waals surface area contributed by atoms with Crippen LogP contribution in [0.4, 0.5) is 0 Å². The maximum Gasteiger partial charge on any atom is 0.223 e. The average molecular weight is 268 g/mol. The Morgan fingerprint density at radius 3 is 2.90 bits per heavy atom. The van der Waals surface area contributed by atoms with Crippen molar-refractivity contribution in [1.29, 1.82) is 0 Å². The molecule has 0 saturated carbocycles. The van der Waals surface area contributed by atoms with Gasteiger partial charge < -0.3 is 4.90 Å². The number of allylic oxidation sites excluding steroid dienone is 4. The molecule has 0 bridgehead atoms. The first-order chi connectivity index (χ1) is 9.74. The molecule has 0 N–H and O–H groups in total. The minimum Gasteiger partial charge on any atom is -0.338 e. The van der Waals surface area contributed by atoms with Gasteiger partial charge in [0.2, 0.25) is 5.91 Å². The van der Waals surface area contributed by atoms with Gasteiger partial charge in [0.1, 0.15) is 0 Å². The van der Waals surface area contributed by atoms with Gasteiger partial charge in [0, 0.05) is 37.8 Å². The maximum absolute atomic E-state index is 12.1. The fraction of sp³-hybridized carbons (Fsp3) is 0.294. The van der Waals surface area contributed by atoms with Gasteiger partial charge >= 0.3 is 0 Å². The van der Waals surface area contributed by atoms with Crippen LogP contribution in [0.5, 0.6) is 0 Å². The third-order valence-corrected chi connectivity index (χ3v) is 3.57. The Bertz CT molecular complexity index is 531. The van der Waals surface area contributed by atoms with Crippen LogP contribution in [0.25, 0.3) is 0 Å². The third-order valence-electron chi connectivity index (χ3n) is 3.57. The van der Waals surface area contributed by atoms with Crippen LogP contribution in [-0.2, 0) is 11.3 Å². The Labute approximate surface area is 120 Å². The molecule has 1 saturated heterocycles. The topological polar surface area (TPSA) is 33.2 Å². The van der Waals surface area contributed by atoms with Crippen LogP contribution in [0, 0.1) is 5.92 Å². The molecular formula is C17H20N2O. The number of carbonyl (C=O) groups is 1. The van der Waals surface area contributed by atoms with E-state index in [0.717, 1.165) is 12.1 Å². The molecule has 1 aliphatic heterocycles. The molecule has 1 fully saturated rings. The van der Waals surface area contributed by atoms with Crippen molar-refractivity contribution in [2.75, 3.05) is 6.54 Å². The number of aromatic nitrogens is 1. The first-order valence-corrected chi connectivity index (χ1v) is 6.86. The standard InChI is InChI=1S/C17H20N2O/c1-3-5-6-15(4-2)16-11-17(20)19(13-16)12-14-7-9-18-10-8-14/h3-10,16H,1,11-13H2,2H3/b6-5-,15-4+. The number of nitrogens with zero attached hydrogens (tertiary/aromatic N) is 2. The van der Waals surface area contributed by atoms with Crippen LogP contribution in [0.3, 0.4) is 0 Å². The molecular weight excluding hydrogens is 248 g/mol. The molecule has 0 aliphatic carbocycles. The number of amides is 1. The molecule has 1 atom stereocenters. The Morgan fingerprint density at radius 2 is 2.25 bits per heavy atom. The minimum atomic E-state index is 0.221. The van der Waals surface area contributed by atoms with Crippen molar-refractivity contribution in [3.05, 3.63) is 66.5 Å². The molecule has 1 unspecified atom stereocenters. The van der Waals surface area contributed by atoms with Crippen LogP contribution in [0.1, 0.15) is 18.9 Å². The molecule has 0 radical (unpaired) electrons. The monoisotopic (exact) mass is 268 g/mol. The van der Waals surface area contributed by atoms with Gasteiger partial charge in [-0.05, 0) is 30.2 Å². The molecule has 2 heterocycles. The molecule has 0 aromatic carbocycles. The maximum atomic E-state index is 12.1. The summed E-state index contributed by atoms with van der Waals surface area (Å²) < 4.78 is 0. The van der Waals surface area contributed by atoms with E-state index >= 15 is 0 Å². The molecule has 1 aromatic rings. The lowest BCUT2D eigenvalue weighted by Crippen LogP contribution is -2.24. The van der Waals surface area contributed by atoms with Crippen molar-refractivity contribution in [3.8, 4) is 0 Å². The van der Waals surface area contributed by atoms with Crippen molar-refractivity contribution in [3.63, 3.8) is 0 Å². The molecule has 2 rings (SSSR count). The lowest BCUT2D eigenvalue weighted by Gasteiger charge is -2.17. The second-order valence-corrected chi connectivity index (χ2v) is 4.91.